The monoisotopic (exact) mass is 152 g/mol. The fraction of sp³-hybridized carbons (Fsp3) is 0.714. The van der Waals surface area contributed by atoms with Crippen LogP contribution in [0, 0.1) is 0 Å². The third kappa shape index (κ3) is 1.03. The lowest BCUT2D eigenvalue weighted by Gasteiger charge is -2.21. The molecule has 0 radical (unpaired) electrons. The quantitative estimate of drug-likeness (QED) is 0.621. The van der Waals surface area contributed by atoms with E-state index in [1.165, 1.54) is 12.1 Å². The van der Waals surface area contributed by atoms with E-state index in [2.05, 4.69) is 10.3 Å². The van der Waals surface area contributed by atoms with E-state index in [1.54, 1.807) is 0 Å². The molecule has 4 heteroatoms. The first-order valence-corrected chi connectivity index (χ1v) is 4.01. The Hall–Kier alpha value is -0.900. The SMILES string of the molecule is NCC1CCCc2cnnn21. The van der Waals surface area contributed by atoms with Crippen LogP contribution in [-0.2, 0) is 6.42 Å². The predicted octanol–water partition coefficient (Wildman–Crippen LogP) is 0.114. The van der Waals surface area contributed by atoms with Gasteiger partial charge in [0, 0.05) is 6.54 Å². The molecule has 11 heavy (non-hydrogen) atoms. The molecular formula is C7H12N4. The van der Waals surface area contributed by atoms with Gasteiger partial charge in [0.1, 0.15) is 0 Å². The zero-order valence-corrected chi connectivity index (χ0v) is 6.40. The summed E-state index contributed by atoms with van der Waals surface area (Å²) in [7, 11) is 0. The van der Waals surface area contributed by atoms with E-state index < -0.39 is 0 Å². The van der Waals surface area contributed by atoms with Crippen LogP contribution >= 0.6 is 0 Å². The van der Waals surface area contributed by atoms with Gasteiger partial charge in [-0.1, -0.05) is 5.21 Å². The summed E-state index contributed by atoms with van der Waals surface area (Å²) < 4.78 is 1.96. The molecule has 2 N–H and O–H groups in total. The fourth-order valence-electron chi connectivity index (χ4n) is 1.61. The van der Waals surface area contributed by atoms with E-state index in [0.717, 1.165) is 12.8 Å². The van der Waals surface area contributed by atoms with Crippen LogP contribution < -0.4 is 5.73 Å². The predicted molar refractivity (Wildman–Crippen MR) is 41.1 cm³/mol. The molecule has 60 valence electrons. The molecule has 2 rings (SSSR count). The Kier molecular flexibility index (Phi) is 1.62. The molecule has 0 spiro atoms. The highest BCUT2D eigenvalue weighted by Gasteiger charge is 2.18. The van der Waals surface area contributed by atoms with Crippen LogP contribution in [0.25, 0.3) is 0 Å². The second-order valence-electron chi connectivity index (χ2n) is 2.95. The van der Waals surface area contributed by atoms with Crippen molar-refractivity contribution in [1.29, 1.82) is 0 Å². The molecular weight excluding hydrogens is 140 g/mol. The van der Waals surface area contributed by atoms with Crippen molar-refractivity contribution in [2.75, 3.05) is 6.54 Å². The third-order valence-corrected chi connectivity index (χ3v) is 2.24. The number of aromatic nitrogens is 3. The van der Waals surface area contributed by atoms with Crippen molar-refractivity contribution in [2.24, 2.45) is 5.73 Å². The summed E-state index contributed by atoms with van der Waals surface area (Å²) in [5, 5.41) is 7.86. The van der Waals surface area contributed by atoms with Crippen molar-refractivity contribution in [1.82, 2.24) is 15.0 Å². The van der Waals surface area contributed by atoms with Crippen LogP contribution in [0.15, 0.2) is 6.20 Å². The number of hydrogen-bond donors (Lipinski definition) is 1. The Morgan fingerprint density at radius 1 is 1.73 bits per heavy atom. The average Bonchev–Trinajstić information content (AvgIpc) is 2.50. The van der Waals surface area contributed by atoms with Gasteiger partial charge in [-0.25, -0.2) is 4.68 Å². The lowest BCUT2D eigenvalue weighted by atomic mass is 10.0. The van der Waals surface area contributed by atoms with Crippen molar-refractivity contribution in [2.45, 2.75) is 25.3 Å². The summed E-state index contributed by atoms with van der Waals surface area (Å²) in [6.45, 7) is 0.677. The maximum atomic E-state index is 5.59. The molecule has 4 nitrogen and oxygen atoms in total. The molecule has 1 aromatic rings. The van der Waals surface area contributed by atoms with E-state index in [9.17, 15) is 0 Å². The van der Waals surface area contributed by atoms with Crippen LogP contribution in [0.4, 0.5) is 0 Å². The van der Waals surface area contributed by atoms with Crippen LogP contribution in [0.3, 0.4) is 0 Å². The normalized spacial score (nSPS) is 23.2. The first-order chi connectivity index (χ1) is 5.42. The molecule has 1 aromatic heterocycles. The average molecular weight is 152 g/mol. The van der Waals surface area contributed by atoms with Crippen molar-refractivity contribution >= 4 is 0 Å². The Bertz CT molecular complexity index is 242. The van der Waals surface area contributed by atoms with E-state index in [4.69, 9.17) is 5.73 Å². The molecule has 1 aliphatic heterocycles. The van der Waals surface area contributed by atoms with Gasteiger partial charge in [0.2, 0.25) is 0 Å². The van der Waals surface area contributed by atoms with Crippen molar-refractivity contribution in [3.8, 4) is 0 Å². The standard InChI is InChI=1S/C7H12N4/c8-4-6-2-1-3-7-5-9-10-11(6)7/h5-6H,1-4,8H2. The second kappa shape index (κ2) is 2.62. The molecule has 0 aromatic carbocycles. The smallest absolute Gasteiger partial charge is 0.0725 e. The van der Waals surface area contributed by atoms with Gasteiger partial charge in [-0.3, -0.25) is 0 Å². The molecule has 2 heterocycles. The number of aryl methyl sites for hydroxylation is 1. The Morgan fingerprint density at radius 3 is 3.45 bits per heavy atom. The topological polar surface area (TPSA) is 56.7 Å². The summed E-state index contributed by atoms with van der Waals surface area (Å²) in [5.41, 5.74) is 6.82. The zero-order valence-electron chi connectivity index (χ0n) is 6.40. The van der Waals surface area contributed by atoms with E-state index in [-0.39, 0.29) is 0 Å². The maximum Gasteiger partial charge on any atom is 0.0725 e. The minimum absolute atomic E-state index is 0.390. The Morgan fingerprint density at radius 2 is 2.64 bits per heavy atom. The first kappa shape index (κ1) is 6.79. The van der Waals surface area contributed by atoms with E-state index in [1.807, 2.05) is 10.9 Å². The molecule has 0 bridgehead atoms. The van der Waals surface area contributed by atoms with Gasteiger partial charge >= 0.3 is 0 Å². The summed E-state index contributed by atoms with van der Waals surface area (Å²) in [6.07, 6.45) is 5.30. The minimum Gasteiger partial charge on any atom is -0.328 e. The fourth-order valence-corrected chi connectivity index (χ4v) is 1.61. The van der Waals surface area contributed by atoms with Crippen molar-refractivity contribution in [3.05, 3.63) is 11.9 Å². The van der Waals surface area contributed by atoms with Crippen LogP contribution in [0.2, 0.25) is 0 Å². The Labute approximate surface area is 65.4 Å². The largest absolute Gasteiger partial charge is 0.328 e. The molecule has 0 saturated carbocycles. The molecule has 1 unspecified atom stereocenters. The Balaban J connectivity index is 2.32. The van der Waals surface area contributed by atoms with Gasteiger partial charge in [0.15, 0.2) is 0 Å². The molecule has 0 fully saturated rings. The highest BCUT2D eigenvalue weighted by atomic mass is 15.4. The summed E-state index contributed by atoms with van der Waals surface area (Å²) >= 11 is 0. The van der Waals surface area contributed by atoms with Crippen molar-refractivity contribution in [3.63, 3.8) is 0 Å². The highest BCUT2D eigenvalue weighted by Crippen LogP contribution is 2.21. The number of hydrogen-bond acceptors (Lipinski definition) is 3. The zero-order chi connectivity index (χ0) is 7.68. The summed E-state index contributed by atoms with van der Waals surface area (Å²) in [4.78, 5) is 0. The van der Waals surface area contributed by atoms with Crippen LogP contribution in [-0.4, -0.2) is 21.5 Å². The maximum absolute atomic E-state index is 5.59. The molecule has 1 atom stereocenters. The number of rotatable bonds is 1. The van der Waals surface area contributed by atoms with Gasteiger partial charge in [-0.2, -0.15) is 0 Å². The van der Waals surface area contributed by atoms with Crippen molar-refractivity contribution < 1.29 is 0 Å². The minimum atomic E-state index is 0.390. The summed E-state index contributed by atoms with van der Waals surface area (Å²) in [5.74, 6) is 0. The third-order valence-electron chi connectivity index (χ3n) is 2.24. The van der Waals surface area contributed by atoms with Gasteiger partial charge in [0.25, 0.3) is 0 Å². The van der Waals surface area contributed by atoms with Crippen LogP contribution in [0.5, 0.6) is 0 Å². The second-order valence-corrected chi connectivity index (χ2v) is 2.95. The van der Waals surface area contributed by atoms with E-state index in [0.29, 0.717) is 12.6 Å². The number of nitrogens with two attached hydrogens (primary N) is 1. The first-order valence-electron chi connectivity index (χ1n) is 4.01. The number of fused-ring (bicyclic) bond motifs is 1. The van der Waals surface area contributed by atoms with Gasteiger partial charge < -0.3 is 5.73 Å². The molecule has 0 aliphatic carbocycles. The summed E-state index contributed by atoms with van der Waals surface area (Å²) in [6, 6.07) is 0.390. The van der Waals surface area contributed by atoms with E-state index >= 15 is 0 Å². The van der Waals surface area contributed by atoms with Gasteiger partial charge in [0.05, 0.1) is 17.9 Å². The lowest BCUT2D eigenvalue weighted by molar-refractivity contribution is 0.367. The van der Waals surface area contributed by atoms with Crippen LogP contribution in [0.1, 0.15) is 24.6 Å². The molecule has 1 aliphatic rings. The van der Waals surface area contributed by atoms with Gasteiger partial charge in [-0.15, -0.1) is 5.10 Å². The number of nitrogens with zero attached hydrogens (tertiary/aromatic N) is 3. The molecule has 0 amide bonds. The van der Waals surface area contributed by atoms with Gasteiger partial charge in [-0.05, 0) is 19.3 Å². The lowest BCUT2D eigenvalue weighted by Crippen LogP contribution is -2.25. The highest BCUT2D eigenvalue weighted by molar-refractivity contribution is 4.99. The molecule has 0 saturated heterocycles.